The second-order valence-corrected chi connectivity index (χ2v) is 16.3. The first-order valence-corrected chi connectivity index (χ1v) is 21.7. The molecular formula is C52H38N6O2S2. The number of carbonyl (C=O) groups is 1. The fourth-order valence-electron chi connectivity index (χ4n) is 7.51. The van der Waals surface area contributed by atoms with Crippen LogP contribution in [0.3, 0.4) is 0 Å². The van der Waals surface area contributed by atoms with Crippen molar-refractivity contribution in [1.82, 2.24) is 14.5 Å². The molecule has 300 valence electrons. The maximum absolute atomic E-state index is 11.5. The van der Waals surface area contributed by atoms with Crippen molar-refractivity contribution >= 4 is 68.8 Å². The number of para-hydroxylation sites is 4. The zero-order valence-corrected chi connectivity index (χ0v) is 35.2. The SMILES string of the molecule is CCn1c(-c2ccc(-c3ncc(/C=C(\C#N)C(=O)O)s3)s2)nc(-c2ccc(N(c3ccccc3)c3ccccc3)cc2)c1-c1ccc(N(c2ccccc2)c2ccccc2)cc1. The van der Waals surface area contributed by atoms with Crippen LogP contribution in [0, 0.1) is 11.3 Å². The van der Waals surface area contributed by atoms with E-state index < -0.39 is 5.97 Å². The zero-order chi connectivity index (χ0) is 42.4. The Labute approximate surface area is 367 Å². The zero-order valence-electron chi connectivity index (χ0n) is 33.5. The highest BCUT2D eigenvalue weighted by molar-refractivity contribution is 7.23. The molecule has 62 heavy (non-hydrogen) atoms. The summed E-state index contributed by atoms with van der Waals surface area (Å²) < 4.78 is 2.28. The minimum absolute atomic E-state index is 0.334. The van der Waals surface area contributed by atoms with E-state index in [1.807, 2.05) is 30.3 Å². The van der Waals surface area contributed by atoms with E-state index in [9.17, 15) is 15.2 Å². The van der Waals surface area contributed by atoms with Gasteiger partial charge in [0.1, 0.15) is 16.6 Å². The molecule has 0 amide bonds. The third-order valence-corrected chi connectivity index (χ3v) is 12.5. The van der Waals surface area contributed by atoms with Crippen LogP contribution in [0.25, 0.3) is 49.2 Å². The molecule has 3 heterocycles. The van der Waals surface area contributed by atoms with Crippen LogP contribution in [0.5, 0.6) is 0 Å². The van der Waals surface area contributed by atoms with E-state index in [2.05, 4.69) is 178 Å². The summed E-state index contributed by atoms with van der Waals surface area (Å²) in [6.07, 6.45) is 2.96. The van der Waals surface area contributed by atoms with Gasteiger partial charge in [0.25, 0.3) is 0 Å². The Bertz CT molecular complexity index is 2950. The average Bonchev–Trinajstić information content (AvgIpc) is 4.10. The molecule has 9 rings (SSSR count). The van der Waals surface area contributed by atoms with Crippen molar-refractivity contribution in [3.8, 4) is 49.2 Å². The molecule has 0 aliphatic rings. The van der Waals surface area contributed by atoms with Gasteiger partial charge in [0.2, 0.25) is 0 Å². The predicted octanol–water partition coefficient (Wildman–Crippen LogP) is 14.0. The largest absolute Gasteiger partial charge is 0.477 e. The van der Waals surface area contributed by atoms with Gasteiger partial charge in [-0.1, -0.05) is 97.1 Å². The highest BCUT2D eigenvalue weighted by atomic mass is 32.1. The monoisotopic (exact) mass is 842 g/mol. The number of benzene rings is 6. The molecule has 3 aromatic heterocycles. The Morgan fingerprint density at radius 2 is 1.08 bits per heavy atom. The van der Waals surface area contributed by atoms with Crippen molar-refractivity contribution < 1.29 is 9.90 Å². The molecule has 0 fully saturated rings. The fourth-order valence-corrected chi connectivity index (χ4v) is 9.43. The minimum Gasteiger partial charge on any atom is -0.477 e. The number of anilines is 6. The molecule has 0 saturated carbocycles. The lowest BCUT2D eigenvalue weighted by atomic mass is 10.0. The first-order valence-electron chi connectivity index (χ1n) is 20.0. The molecule has 0 aliphatic heterocycles. The van der Waals surface area contributed by atoms with Gasteiger partial charge in [0.05, 0.1) is 21.1 Å². The van der Waals surface area contributed by atoms with Crippen molar-refractivity contribution in [3.05, 3.63) is 199 Å². The molecule has 6 aromatic carbocycles. The number of carboxylic acid groups (broad SMARTS) is 1. The van der Waals surface area contributed by atoms with Crippen LogP contribution in [0.4, 0.5) is 34.1 Å². The van der Waals surface area contributed by atoms with E-state index in [0.29, 0.717) is 11.4 Å². The van der Waals surface area contributed by atoms with Crippen molar-refractivity contribution in [1.29, 1.82) is 5.26 Å². The van der Waals surface area contributed by atoms with Gasteiger partial charge < -0.3 is 19.5 Å². The second kappa shape index (κ2) is 17.8. The number of hydrogen-bond acceptors (Lipinski definition) is 8. The quantitative estimate of drug-likeness (QED) is 0.0911. The molecule has 8 nitrogen and oxygen atoms in total. The standard InChI is InChI=1S/C52H38N6O2S2/c1-2-56-49(37-25-29-44(30-26-37)58(41-19-11-5-12-20-41)42-21-13-6-14-22-42)48(36-23-27-43(28-24-36)57(39-15-7-3-8-16-39)40-17-9-4-10-18-40)55-50(56)46-31-32-47(62-46)51-54-35-45(61-51)33-38(34-53)52(59)60/h3-33,35H,2H2,1H3,(H,59,60)/b38-33+. The number of thiazole rings is 1. The summed E-state index contributed by atoms with van der Waals surface area (Å²) in [4.78, 5) is 28.5. The van der Waals surface area contributed by atoms with E-state index >= 15 is 0 Å². The molecule has 0 atom stereocenters. The average molecular weight is 843 g/mol. The first-order chi connectivity index (χ1) is 30.5. The summed E-state index contributed by atoms with van der Waals surface area (Å²) in [7, 11) is 0. The Morgan fingerprint density at radius 3 is 1.53 bits per heavy atom. The topological polar surface area (TPSA) is 98.3 Å². The first kappa shape index (κ1) is 39.6. The number of hydrogen-bond donors (Lipinski definition) is 1. The predicted molar refractivity (Wildman–Crippen MR) is 254 cm³/mol. The summed E-state index contributed by atoms with van der Waals surface area (Å²) >= 11 is 2.92. The lowest BCUT2D eigenvalue weighted by Crippen LogP contribution is -2.09. The third kappa shape index (κ3) is 8.06. The van der Waals surface area contributed by atoms with Crippen LogP contribution in [-0.4, -0.2) is 25.6 Å². The maximum atomic E-state index is 11.5. The van der Waals surface area contributed by atoms with Crippen molar-refractivity contribution in [2.75, 3.05) is 9.80 Å². The highest BCUT2D eigenvalue weighted by Gasteiger charge is 2.24. The van der Waals surface area contributed by atoms with E-state index in [-0.39, 0.29) is 5.57 Å². The Hall–Kier alpha value is -7.84. The lowest BCUT2D eigenvalue weighted by molar-refractivity contribution is -0.132. The van der Waals surface area contributed by atoms with Crippen LogP contribution in [0.1, 0.15) is 11.8 Å². The number of aliphatic carboxylic acids is 1. The molecule has 0 radical (unpaired) electrons. The van der Waals surface area contributed by atoms with Gasteiger partial charge in [0, 0.05) is 62.9 Å². The van der Waals surface area contributed by atoms with Gasteiger partial charge in [-0.2, -0.15) is 5.26 Å². The van der Waals surface area contributed by atoms with Gasteiger partial charge in [-0.3, -0.25) is 0 Å². The number of aromatic nitrogens is 3. The van der Waals surface area contributed by atoms with Crippen molar-refractivity contribution in [2.24, 2.45) is 0 Å². The molecule has 0 saturated heterocycles. The van der Waals surface area contributed by atoms with E-state index in [4.69, 9.17) is 4.98 Å². The van der Waals surface area contributed by atoms with Gasteiger partial charge in [0.15, 0.2) is 5.82 Å². The van der Waals surface area contributed by atoms with E-state index in [0.717, 1.165) is 77.2 Å². The van der Waals surface area contributed by atoms with Crippen LogP contribution < -0.4 is 9.80 Å². The normalized spacial score (nSPS) is 11.3. The summed E-state index contributed by atoms with van der Waals surface area (Å²) in [6, 6.07) is 64.7. The molecule has 1 N–H and O–H groups in total. The van der Waals surface area contributed by atoms with Gasteiger partial charge in [-0.15, -0.1) is 22.7 Å². The highest BCUT2D eigenvalue weighted by Crippen LogP contribution is 2.43. The number of thiophene rings is 1. The molecule has 0 spiro atoms. The van der Waals surface area contributed by atoms with Crippen LogP contribution in [0.15, 0.2) is 194 Å². The minimum atomic E-state index is -1.27. The van der Waals surface area contributed by atoms with Gasteiger partial charge in [-0.25, -0.2) is 14.8 Å². The Balaban J connectivity index is 1.15. The van der Waals surface area contributed by atoms with Crippen LogP contribution in [0.2, 0.25) is 0 Å². The summed E-state index contributed by atoms with van der Waals surface area (Å²) in [5, 5.41) is 19.4. The van der Waals surface area contributed by atoms with Gasteiger partial charge >= 0.3 is 5.97 Å². The Kier molecular flexibility index (Phi) is 11.4. The van der Waals surface area contributed by atoms with Gasteiger partial charge in [-0.05, 0) is 97.9 Å². The number of carboxylic acids is 1. The number of nitrogens with zero attached hydrogens (tertiary/aromatic N) is 6. The molecule has 10 heteroatoms. The lowest BCUT2D eigenvalue weighted by Gasteiger charge is -2.26. The van der Waals surface area contributed by atoms with Crippen LogP contribution >= 0.6 is 22.7 Å². The van der Waals surface area contributed by atoms with Crippen molar-refractivity contribution in [2.45, 2.75) is 13.5 Å². The number of imidazole rings is 1. The van der Waals surface area contributed by atoms with Crippen molar-refractivity contribution in [3.63, 3.8) is 0 Å². The maximum Gasteiger partial charge on any atom is 0.346 e. The second-order valence-electron chi connectivity index (χ2n) is 14.2. The molecular weight excluding hydrogens is 805 g/mol. The smallest absolute Gasteiger partial charge is 0.346 e. The molecule has 0 bridgehead atoms. The summed E-state index contributed by atoms with van der Waals surface area (Å²) in [5.74, 6) is -0.431. The molecule has 0 unspecified atom stereocenters. The Morgan fingerprint density at radius 1 is 0.629 bits per heavy atom. The molecule has 9 aromatic rings. The molecule has 0 aliphatic carbocycles. The summed E-state index contributed by atoms with van der Waals surface area (Å²) in [6.45, 7) is 2.81. The summed E-state index contributed by atoms with van der Waals surface area (Å²) in [5.41, 5.74) is 9.88. The third-order valence-electron chi connectivity index (χ3n) is 10.3. The fraction of sp³-hybridized carbons (Fsp3) is 0.0385. The number of nitriles is 1. The van der Waals surface area contributed by atoms with Crippen LogP contribution in [-0.2, 0) is 11.3 Å². The number of rotatable bonds is 13. The van der Waals surface area contributed by atoms with E-state index in [1.54, 1.807) is 23.6 Å². The van der Waals surface area contributed by atoms with E-state index in [1.165, 1.54) is 17.4 Å².